The van der Waals surface area contributed by atoms with Crippen molar-refractivity contribution in [2.75, 3.05) is 0 Å². The molecule has 5 nitrogen and oxygen atoms in total. The maximum absolute atomic E-state index is 6.10. The molecular formula is C22H18ClN5. The molecule has 1 aliphatic rings. The smallest absolute Gasteiger partial charge is 0.131 e. The van der Waals surface area contributed by atoms with Gasteiger partial charge < -0.3 is 0 Å². The van der Waals surface area contributed by atoms with Crippen molar-refractivity contribution in [3.05, 3.63) is 95.0 Å². The van der Waals surface area contributed by atoms with Crippen LogP contribution in [0.2, 0.25) is 5.02 Å². The average Bonchev–Trinajstić information content (AvgIpc) is 3.35. The van der Waals surface area contributed by atoms with Gasteiger partial charge in [-0.25, -0.2) is 4.68 Å². The lowest BCUT2D eigenvalue weighted by molar-refractivity contribution is 0.173. The molecule has 1 unspecified atom stereocenters. The third-order valence-corrected chi connectivity index (χ3v) is 5.31. The summed E-state index contributed by atoms with van der Waals surface area (Å²) in [7, 11) is 0. The van der Waals surface area contributed by atoms with Crippen molar-refractivity contribution >= 4 is 28.3 Å². The zero-order chi connectivity index (χ0) is 18.9. The minimum absolute atomic E-state index is 0.121. The monoisotopic (exact) mass is 387 g/mol. The third-order valence-electron chi connectivity index (χ3n) is 5.06. The lowest BCUT2D eigenvalue weighted by atomic mass is 9.99. The molecule has 0 N–H and O–H groups in total. The van der Waals surface area contributed by atoms with Crippen molar-refractivity contribution in [2.45, 2.75) is 19.1 Å². The van der Waals surface area contributed by atoms with E-state index in [-0.39, 0.29) is 6.04 Å². The van der Waals surface area contributed by atoms with Crippen molar-refractivity contribution in [3.8, 4) is 0 Å². The summed E-state index contributed by atoms with van der Waals surface area (Å²) in [5, 5.41) is 16.4. The predicted molar refractivity (Wildman–Crippen MR) is 111 cm³/mol. The summed E-state index contributed by atoms with van der Waals surface area (Å²) in [5.74, 6) is 0. The number of nitrogens with zero attached hydrogens (tertiary/aromatic N) is 5. The Hall–Kier alpha value is -3.18. The minimum Gasteiger partial charge on any atom is -0.267 e. The van der Waals surface area contributed by atoms with Crippen molar-refractivity contribution in [3.63, 3.8) is 0 Å². The Labute approximate surface area is 167 Å². The first-order valence-electron chi connectivity index (χ1n) is 9.21. The van der Waals surface area contributed by atoms with Crippen LogP contribution < -0.4 is 0 Å². The molecule has 28 heavy (non-hydrogen) atoms. The number of fused-ring (bicyclic) bond motifs is 1. The summed E-state index contributed by atoms with van der Waals surface area (Å²) in [6.07, 6.45) is 0.832. The molecule has 5 rings (SSSR count). The average molecular weight is 388 g/mol. The minimum atomic E-state index is 0.121. The van der Waals surface area contributed by atoms with Gasteiger partial charge in [0.1, 0.15) is 12.2 Å². The van der Waals surface area contributed by atoms with Gasteiger partial charge >= 0.3 is 0 Å². The fraction of sp³-hybridized carbons (Fsp3) is 0.136. The Morgan fingerprint density at radius 2 is 1.64 bits per heavy atom. The normalized spacial score (nSPS) is 16.5. The largest absolute Gasteiger partial charge is 0.267 e. The number of aromatic nitrogens is 3. The lowest BCUT2D eigenvalue weighted by Crippen LogP contribution is -2.23. The molecule has 4 aromatic rings. The van der Waals surface area contributed by atoms with E-state index in [1.165, 1.54) is 5.56 Å². The number of hydrogen-bond acceptors (Lipinski definition) is 4. The van der Waals surface area contributed by atoms with Crippen LogP contribution in [0.25, 0.3) is 11.0 Å². The highest BCUT2D eigenvalue weighted by atomic mass is 35.5. The fourth-order valence-corrected chi connectivity index (χ4v) is 3.75. The highest BCUT2D eigenvalue weighted by Crippen LogP contribution is 2.33. The SMILES string of the molecule is Clc1ccc(C2CC(c3ccccc3)=NN2Cn2nnc3ccccc32)cc1. The van der Waals surface area contributed by atoms with E-state index in [0.717, 1.165) is 33.8 Å². The highest BCUT2D eigenvalue weighted by molar-refractivity contribution is 6.30. The molecule has 0 saturated carbocycles. The molecule has 138 valence electrons. The van der Waals surface area contributed by atoms with Crippen LogP contribution in [0.4, 0.5) is 0 Å². The second kappa shape index (κ2) is 7.09. The first-order chi connectivity index (χ1) is 13.8. The van der Waals surface area contributed by atoms with Crippen LogP contribution in [0, 0.1) is 0 Å². The van der Waals surface area contributed by atoms with Crippen molar-refractivity contribution in [2.24, 2.45) is 5.10 Å². The van der Waals surface area contributed by atoms with Gasteiger partial charge in [0.05, 0.1) is 17.3 Å². The van der Waals surface area contributed by atoms with E-state index in [1.807, 2.05) is 59.3 Å². The van der Waals surface area contributed by atoms with E-state index in [9.17, 15) is 0 Å². The van der Waals surface area contributed by atoms with E-state index in [2.05, 4.69) is 39.6 Å². The number of benzene rings is 3. The van der Waals surface area contributed by atoms with Crippen LogP contribution in [0.15, 0.2) is 84.0 Å². The number of halogens is 1. The Balaban J connectivity index is 1.52. The summed E-state index contributed by atoms with van der Waals surface area (Å²) in [4.78, 5) is 0. The summed E-state index contributed by atoms with van der Waals surface area (Å²) >= 11 is 6.10. The lowest BCUT2D eigenvalue weighted by Gasteiger charge is -2.23. The molecular weight excluding hydrogens is 370 g/mol. The molecule has 0 radical (unpaired) electrons. The second-order valence-electron chi connectivity index (χ2n) is 6.84. The van der Waals surface area contributed by atoms with Gasteiger partial charge in [-0.1, -0.05) is 71.4 Å². The van der Waals surface area contributed by atoms with E-state index >= 15 is 0 Å². The number of para-hydroxylation sites is 1. The van der Waals surface area contributed by atoms with Gasteiger partial charge in [0.15, 0.2) is 0 Å². The van der Waals surface area contributed by atoms with Crippen molar-refractivity contribution in [1.82, 2.24) is 20.0 Å². The molecule has 1 aliphatic heterocycles. The van der Waals surface area contributed by atoms with Crippen LogP contribution >= 0.6 is 11.6 Å². The number of rotatable bonds is 4. The highest BCUT2D eigenvalue weighted by Gasteiger charge is 2.29. The van der Waals surface area contributed by atoms with E-state index in [0.29, 0.717) is 6.67 Å². The van der Waals surface area contributed by atoms with Gasteiger partial charge in [0.25, 0.3) is 0 Å². The summed E-state index contributed by atoms with van der Waals surface area (Å²) < 4.78 is 1.90. The van der Waals surface area contributed by atoms with Gasteiger partial charge in [-0.2, -0.15) is 5.10 Å². The maximum Gasteiger partial charge on any atom is 0.131 e. The molecule has 2 heterocycles. The molecule has 3 aromatic carbocycles. The molecule has 0 aliphatic carbocycles. The van der Waals surface area contributed by atoms with Gasteiger partial charge in [-0.05, 0) is 35.4 Å². The van der Waals surface area contributed by atoms with Crippen LogP contribution in [0.5, 0.6) is 0 Å². The van der Waals surface area contributed by atoms with E-state index < -0.39 is 0 Å². The molecule has 0 saturated heterocycles. The Bertz CT molecular complexity index is 1130. The Morgan fingerprint density at radius 3 is 2.46 bits per heavy atom. The molecule has 1 aromatic heterocycles. The zero-order valence-corrected chi connectivity index (χ0v) is 15.9. The summed E-state index contributed by atoms with van der Waals surface area (Å²) in [5.41, 5.74) is 5.29. The Kier molecular flexibility index (Phi) is 4.29. The van der Waals surface area contributed by atoms with Gasteiger partial charge in [0, 0.05) is 11.4 Å². The first-order valence-corrected chi connectivity index (χ1v) is 9.59. The quantitative estimate of drug-likeness (QED) is 0.500. The molecule has 0 bridgehead atoms. The predicted octanol–water partition coefficient (Wildman–Crippen LogP) is 4.89. The van der Waals surface area contributed by atoms with Gasteiger partial charge in [-0.3, -0.25) is 5.01 Å². The van der Waals surface area contributed by atoms with Crippen LogP contribution in [0.3, 0.4) is 0 Å². The van der Waals surface area contributed by atoms with Gasteiger partial charge in [-0.15, -0.1) is 5.10 Å². The fourth-order valence-electron chi connectivity index (χ4n) is 3.62. The maximum atomic E-state index is 6.10. The second-order valence-corrected chi connectivity index (χ2v) is 7.28. The number of hydrazone groups is 1. The van der Waals surface area contributed by atoms with Crippen molar-refractivity contribution in [1.29, 1.82) is 0 Å². The van der Waals surface area contributed by atoms with E-state index in [1.54, 1.807) is 0 Å². The van der Waals surface area contributed by atoms with Crippen molar-refractivity contribution < 1.29 is 0 Å². The molecule has 1 atom stereocenters. The summed E-state index contributed by atoms with van der Waals surface area (Å²) in [6, 6.07) is 26.4. The Morgan fingerprint density at radius 1 is 0.893 bits per heavy atom. The first kappa shape index (κ1) is 17.0. The van der Waals surface area contributed by atoms with Crippen LogP contribution in [-0.4, -0.2) is 25.7 Å². The zero-order valence-electron chi connectivity index (χ0n) is 15.1. The van der Waals surface area contributed by atoms with E-state index in [4.69, 9.17) is 16.7 Å². The van der Waals surface area contributed by atoms with Gasteiger partial charge in [0.2, 0.25) is 0 Å². The molecule has 0 fully saturated rings. The standard InChI is InChI=1S/C22H18ClN5/c23-18-12-10-17(11-13-18)22-14-20(16-6-2-1-3-7-16)25-27(22)15-28-21-9-5-4-8-19(21)24-26-28/h1-13,22H,14-15H2. The molecule has 6 heteroatoms. The van der Waals surface area contributed by atoms with Crippen LogP contribution in [-0.2, 0) is 6.67 Å². The van der Waals surface area contributed by atoms with Crippen LogP contribution in [0.1, 0.15) is 23.6 Å². The molecule has 0 amide bonds. The topological polar surface area (TPSA) is 46.3 Å². The third kappa shape index (κ3) is 3.14. The summed E-state index contributed by atoms with van der Waals surface area (Å²) in [6.45, 7) is 0.532. The number of hydrogen-bond donors (Lipinski definition) is 0. The molecule has 0 spiro atoms.